The number of nitrogens with zero attached hydrogens (tertiary/aromatic N) is 2. The van der Waals surface area contributed by atoms with Crippen LogP contribution in [0.25, 0.3) is 0 Å². The summed E-state index contributed by atoms with van der Waals surface area (Å²) >= 11 is 0. The second-order valence-electron chi connectivity index (χ2n) is 4.36. The number of nitrogens with one attached hydrogen (secondary N) is 1. The SMILES string of the molecule is CCc1ccc(NCc2ccc(OC)nc2)nc1C. The maximum atomic E-state index is 5.03. The van der Waals surface area contributed by atoms with E-state index in [0.29, 0.717) is 12.4 Å². The molecule has 0 radical (unpaired) electrons. The fourth-order valence-electron chi connectivity index (χ4n) is 1.89. The topological polar surface area (TPSA) is 47.0 Å². The van der Waals surface area contributed by atoms with Crippen molar-refractivity contribution in [1.29, 1.82) is 0 Å². The zero-order valence-electron chi connectivity index (χ0n) is 11.6. The van der Waals surface area contributed by atoms with Crippen LogP contribution in [0.5, 0.6) is 5.88 Å². The fraction of sp³-hybridized carbons (Fsp3) is 0.333. The minimum absolute atomic E-state index is 0.630. The summed E-state index contributed by atoms with van der Waals surface area (Å²) in [6.07, 6.45) is 2.82. The largest absolute Gasteiger partial charge is 0.481 e. The van der Waals surface area contributed by atoms with Crippen LogP contribution in [0.15, 0.2) is 30.5 Å². The lowest BCUT2D eigenvalue weighted by Crippen LogP contribution is -2.03. The quantitative estimate of drug-likeness (QED) is 0.894. The normalized spacial score (nSPS) is 10.3. The van der Waals surface area contributed by atoms with Gasteiger partial charge in [-0.15, -0.1) is 0 Å². The first-order valence-electron chi connectivity index (χ1n) is 6.42. The first-order chi connectivity index (χ1) is 9.22. The molecule has 0 aromatic carbocycles. The summed E-state index contributed by atoms with van der Waals surface area (Å²) in [5.74, 6) is 1.52. The van der Waals surface area contributed by atoms with Gasteiger partial charge in [0.2, 0.25) is 5.88 Å². The van der Waals surface area contributed by atoms with E-state index in [1.54, 1.807) is 13.3 Å². The highest BCUT2D eigenvalue weighted by Crippen LogP contribution is 2.13. The van der Waals surface area contributed by atoms with Crippen molar-refractivity contribution in [3.05, 3.63) is 47.3 Å². The second-order valence-corrected chi connectivity index (χ2v) is 4.36. The van der Waals surface area contributed by atoms with E-state index in [9.17, 15) is 0 Å². The number of anilines is 1. The maximum Gasteiger partial charge on any atom is 0.212 e. The molecule has 0 bridgehead atoms. The van der Waals surface area contributed by atoms with Crippen molar-refractivity contribution in [3.8, 4) is 5.88 Å². The number of rotatable bonds is 5. The van der Waals surface area contributed by atoms with Crippen LogP contribution >= 0.6 is 0 Å². The smallest absolute Gasteiger partial charge is 0.212 e. The zero-order valence-corrected chi connectivity index (χ0v) is 11.6. The summed E-state index contributed by atoms with van der Waals surface area (Å²) in [4.78, 5) is 8.71. The Labute approximate surface area is 113 Å². The van der Waals surface area contributed by atoms with Crippen LogP contribution in [-0.2, 0) is 13.0 Å². The molecule has 2 aromatic rings. The lowest BCUT2D eigenvalue weighted by molar-refractivity contribution is 0.397. The first-order valence-corrected chi connectivity index (χ1v) is 6.42. The summed E-state index contributed by atoms with van der Waals surface area (Å²) in [7, 11) is 1.61. The Kier molecular flexibility index (Phi) is 4.34. The number of ether oxygens (including phenoxy) is 1. The van der Waals surface area contributed by atoms with Crippen LogP contribution in [0.3, 0.4) is 0 Å². The lowest BCUT2D eigenvalue weighted by atomic mass is 10.1. The third kappa shape index (κ3) is 3.44. The Morgan fingerprint density at radius 3 is 2.63 bits per heavy atom. The molecular weight excluding hydrogens is 238 g/mol. The van der Waals surface area contributed by atoms with Crippen LogP contribution in [-0.4, -0.2) is 17.1 Å². The van der Waals surface area contributed by atoms with Gasteiger partial charge < -0.3 is 10.1 Å². The van der Waals surface area contributed by atoms with Crippen molar-refractivity contribution >= 4 is 5.82 Å². The van der Waals surface area contributed by atoms with Crippen LogP contribution in [0.4, 0.5) is 5.82 Å². The van der Waals surface area contributed by atoms with E-state index in [0.717, 1.165) is 23.5 Å². The number of methoxy groups -OCH3 is 1. The number of aryl methyl sites for hydroxylation is 2. The molecule has 19 heavy (non-hydrogen) atoms. The van der Waals surface area contributed by atoms with Gasteiger partial charge in [-0.05, 0) is 30.5 Å². The van der Waals surface area contributed by atoms with Crippen molar-refractivity contribution in [2.45, 2.75) is 26.8 Å². The number of aromatic nitrogens is 2. The second kappa shape index (κ2) is 6.18. The highest BCUT2D eigenvalue weighted by molar-refractivity contribution is 5.39. The molecule has 0 saturated carbocycles. The molecule has 2 heterocycles. The third-order valence-electron chi connectivity index (χ3n) is 3.06. The molecule has 0 fully saturated rings. The summed E-state index contributed by atoms with van der Waals surface area (Å²) < 4.78 is 5.03. The van der Waals surface area contributed by atoms with Gasteiger partial charge in [0.15, 0.2) is 0 Å². The molecule has 0 spiro atoms. The highest BCUT2D eigenvalue weighted by atomic mass is 16.5. The number of hydrogen-bond acceptors (Lipinski definition) is 4. The molecule has 0 unspecified atom stereocenters. The average Bonchev–Trinajstić information content (AvgIpc) is 2.46. The molecule has 0 aliphatic heterocycles. The first kappa shape index (κ1) is 13.3. The van der Waals surface area contributed by atoms with Crippen LogP contribution in [0, 0.1) is 6.92 Å². The lowest BCUT2D eigenvalue weighted by Gasteiger charge is -2.09. The molecular formula is C15H19N3O. The van der Waals surface area contributed by atoms with E-state index in [-0.39, 0.29) is 0 Å². The molecule has 0 aliphatic carbocycles. The van der Waals surface area contributed by atoms with Gasteiger partial charge in [-0.3, -0.25) is 0 Å². The minimum Gasteiger partial charge on any atom is -0.481 e. The summed E-state index contributed by atoms with van der Waals surface area (Å²) in [6.45, 7) is 4.88. The molecule has 0 amide bonds. The van der Waals surface area contributed by atoms with Crippen molar-refractivity contribution in [2.24, 2.45) is 0 Å². The minimum atomic E-state index is 0.630. The Bertz CT molecular complexity index is 538. The van der Waals surface area contributed by atoms with Gasteiger partial charge in [0, 0.05) is 24.5 Å². The molecule has 0 saturated heterocycles. The van der Waals surface area contributed by atoms with Gasteiger partial charge in [0.25, 0.3) is 0 Å². The fourth-order valence-corrected chi connectivity index (χ4v) is 1.89. The zero-order chi connectivity index (χ0) is 13.7. The summed E-state index contributed by atoms with van der Waals surface area (Å²) in [5, 5.41) is 3.30. The monoisotopic (exact) mass is 257 g/mol. The third-order valence-corrected chi connectivity index (χ3v) is 3.06. The Hall–Kier alpha value is -2.10. The molecule has 4 nitrogen and oxygen atoms in total. The van der Waals surface area contributed by atoms with Gasteiger partial charge in [0.1, 0.15) is 5.82 Å². The average molecular weight is 257 g/mol. The van der Waals surface area contributed by atoms with Gasteiger partial charge in [-0.1, -0.05) is 19.1 Å². The van der Waals surface area contributed by atoms with E-state index in [2.05, 4.69) is 28.3 Å². The molecule has 4 heteroatoms. The van der Waals surface area contributed by atoms with Gasteiger partial charge in [-0.25, -0.2) is 9.97 Å². The van der Waals surface area contributed by atoms with Crippen LogP contribution in [0.2, 0.25) is 0 Å². The van der Waals surface area contributed by atoms with Crippen molar-refractivity contribution in [2.75, 3.05) is 12.4 Å². The molecule has 0 atom stereocenters. The molecule has 2 aromatic heterocycles. The van der Waals surface area contributed by atoms with Crippen molar-refractivity contribution < 1.29 is 4.74 Å². The predicted octanol–water partition coefficient (Wildman–Crippen LogP) is 2.97. The summed E-state index contributed by atoms with van der Waals surface area (Å²) in [6, 6.07) is 7.99. The van der Waals surface area contributed by atoms with Crippen LogP contribution < -0.4 is 10.1 Å². The van der Waals surface area contributed by atoms with E-state index in [1.807, 2.05) is 25.1 Å². The molecule has 1 N–H and O–H groups in total. The Balaban J connectivity index is 1.99. The Morgan fingerprint density at radius 2 is 2.05 bits per heavy atom. The predicted molar refractivity (Wildman–Crippen MR) is 76.5 cm³/mol. The van der Waals surface area contributed by atoms with E-state index < -0.39 is 0 Å². The standard InChI is InChI=1S/C15H19N3O/c1-4-13-6-7-14(18-11(13)2)16-9-12-5-8-15(19-3)17-10-12/h5-8,10H,4,9H2,1-3H3,(H,16,18). The molecule has 100 valence electrons. The van der Waals surface area contributed by atoms with E-state index >= 15 is 0 Å². The van der Waals surface area contributed by atoms with Crippen LogP contribution in [0.1, 0.15) is 23.7 Å². The number of pyridine rings is 2. The number of hydrogen-bond donors (Lipinski definition) is 1. The van der Waals surface area contributed by atoms with Crippen molar-refractivity contribution in [1.82, 2.24) is 9.97 Å². The highest BCUT2D eigenvalue weighted by Gasteiger charge is 2.01. The molecule has 2 rings (SSSR count). The van der Waals surface area contributed by atoms with E-state index in [4.69, 9.17) is 4.74 Å². The Morgan fingerprint density at radius 1 is 1.21 bits per heavy atom. The van der Waals surface area contributed by atoms with E-state index in [1.165, 1.54) is 5.56 Å². The van der Waals surface area contributed by atoms with Gasteiger partial charge >= 0.3 is 0 Å². The maximum absolute atomic E-state index is 5.03. The molecule has 0 aliphatic rings. The van der Waals surface area contributed by atoms with Gasteiger partial charge in [-0.2, -0.15) is 0 Å². The van der Waals surface area contributed by atoms with Gasteiger partial charge in [0.05, 0.1) is 7.11 Å². The summed E-state index contributed by atoms with van der Waals surface area (Å²) in [5.41, 5.74) is 3.47. The van der Waals surface area contributed by atoms with Crippen molar-refractivity contribution in [3.63, 3.8) is 0 Å².